The quantitative estimate of drug-likeness (QED) is 0.756. The highest BCUT2D eigenvalue weighted by Gasteiger charge is 2.33. The van der Waals surface area contributed by atoms with Crippen LogP contribution in [0.2, 0.25) is 0 Å². The molecule has 0 atom stereocenters. The molecule has 120 valence electrons. The van der Waals surface area contributed by atoms with Gasteiger partial charge in [0.2, 0.25) is 5.91 Å². The Morgan fingerprint density at radius 3 is 2.57 bits per heavy atom. The van der Waals surface area contributed by atoms with Crippen molar-refractivity contribution in [2.45, 2.75) is 19.0 Å². The van der Waals surface area contributed by atoms with Crippen LogP contribution in [-0.2, 0) is 11.0 Å². The number of alkyl halides is 3. The van der Waals surface area contributed by atoms with E-state index >= 15 is 0 Å². The summed E-state index contributed by atoms with van der Waals surface area (Å²) >= 11 is 0. The molecule has 0 saturated heterocycles. The highest BCUT2D eigenvalue weighted by Crippen LogP contribution is 2.35. The maximum Gasteiger partial charge on any atom is 0.419 e. The second-order valence-electron chi connectivity index (χ2n) is 4.08. The second kappa shape index (κ2) is 9.46. The minimum Gasteiger partial charge on any atom is -0.491 e. The van der Waals surface area contributed by atoms with Crippen molar-refractivity contribution in [3.63, 3.8) is 0 Å². The van der Waals surface area contributed by atoms with Crippen molar-refractivity contribution >= 4 is 18.3 Å². The van der Waals surface area contributed by atoms with Crippen LogP contribution >= 0.6 is 12.4 Å². The van der Waals surface area contributed by atoms with Crippen molar-refractivity contribution in [1.82, 2.24) is 5.32 Å². The van der Waals surface area contributed by atoms with Gasteiger partial charge in [-0.25, -0.2) is 0 Å². The molecule has 1 aromatic carbocycles. The summed E-state index contributed by atoms with van der Waals surface area (Å²) < 4.78 is 43.0. The first-order chi connectivity index (χ1) is 9.45. The van der Waals surface area contributed by atoms with E-state index in [-0.39, 0.29) is 37.2 Å². The number of hydrogen-bond acceptors (Lipinski definition) is 3. The van der Waals surface area contributed by atoms with Crippen LogP contribution in [-0.4, -0.2) is 25.6 Å². The predicted molar refractivity (Wildman–Crippen MR) is 75.5 cm³/mol. The monoisotopic (exact) mass is 326 g/mol. The minimum atomic E-state index is -4.46. The van der Waals surface area contributed by atoms with Crippen LogP contribution in [0.4, 0.5) is 13.2 Å². The molecule has 0 bridgehead atoms. The van der Waals surface area contributed by atoms with Crippen LogP contribution in [0, 0.1) is 0 Å². The first-order valence-electron chi connectivity index (χ1n) is 6.21. The summed E-state index contributed by atoms with van der Waals surface area (Å²) in [7, 11) is 0. The standard InChI is InChI=1S/C13H17F3N2O2.ClH/c14-13(15,16)10-4-1-2-5-11(10)20-9-8-18-12(19)6-3-7-17;/h1-2,4-5H,3,6-9,17H2,(H,18,19);1H. The molecule has 0 spiro atoms. The van der Waals surface area contributed by atoms with Crippen LogP contribution < -0.4 is 15.8 Å². The molecule has 4 nitrogen and oxygen atoms in total. The molecule has 21 heavy (non-hydrogen) atoms. The molecule has 0 unspecified atom stereocenters. The van der Waals surface area contributed by atoms with Gasteiger partial charge in [0.05, 0.1) is 12.1 Å². The molecular formula is C13H18ClF3N2O2. The van der Waals surface area contributed by atoms with Gasteiger partial charge in [0.15, 0.2) is 0 Å². The Morgan fingerprint density at radius 1 is 1.29 bits per heavy atom. The van der Waals surface area contributed by atoms with Crippen LogP contribution in [0.5, 0.6) is 5.75 Å². The van der Waals surface area contributed by atoms with E-state index in [2.05, 4.69) is 5.32 Å². The lowest BCUT2D eigenvalue weighted by molar-refractivity contribution is -0.139. The second-order valence-corrected chi connectivity index (χ2v) is 4.08. The fourth-order valence-corrected chi connectivity index (χ4v) is 1.53. The first kappa shape index (κ1) is 19.5. The summed E-state index contributed by atoms with van der Waals surface area (Å²) in [5.41, 5.74) is 4.43. The summed E-state index contributed by atoms with van der Waals surface area (Å²) in [5.74, 6) is -0.431. The number of para-hydroxylation sites is 1. The van der Waals surface area contributed by atoms with Gasteiger partial charge in [0.25, 0.3) is 0 Å². The van der Waals surface area contributed by atoms with Crippen LogP contribution in [0.1, 0.15) is 18.4 Å². The van der Waals surface area contributed by atoms with Crippen LogP contribution in [0.3, 0.4) is 0 Å². The van der Waals surface area contributed by atoms with Gasteiger partial charge in [-0.3, -0.25) is 4.79 Å². The number of rotatable bonds is 7. The fourth-order valence-electron chi connectivity index (χ4n) is 1.53. The normalized spacial score (nSPS) is 10.7. The molecule has 0 aliphatic rings. The van der Waals surface area contributed by atoms with E-state index in [9.17, 15) is 18.0 Å². The van der Waals surface area contributed by atoms with Gasteiger partial charge < -0.3 is 15.8 Å². The van der Waals surface area contributed by atoms with Crippen molar-refractivity contribution in [3.05, 3.63) is 29.8 Å². The summed E-state index contributed by atoms with van der Waals surface area (Å²) in [6.45, 7) is 0.542. The van der Waals surface area contributed by atoms with Crippen molar-refractivity contribution in [3.8, 4) is 5.75 Å². The van der Waals surface area contributed by atoms with Gasteiger partial charge in [0, 0.05) is 6.42 Å². The number of hydrogen-bond donors (Lipinski definition) is 2. The lowest BCUT2D eigenvalue weighted by atomic mass is 10.2. The third kappa shape index (κ3) is 7.19. The Morgan fingerprint density at radius 2 is 1.95 bits per heavy atom. The van der Waals surface area contributed by atoms with Crippen molar-refractivity contribution in [2.24, 2.45) is 5.73 Å². The number of nitrogens with two attached hydrogens (primary N) is 1. The molecule has 1 rings (SSSR count). The molecule has 0 fully saturated rings. The Labute approximate surface area is 127 Å². The number of halogens is 4. The van der Waals surface area contributed by atoms with Gasteiger partial charge >= 0.3 is 6.18 Å². The maximum absolute atomic E-state index is 12.7. The lowest BCUT2D eigenvalue weighted by Gasteiger charge is -2.13. The summed E-state index contributed by atoms with van der Waals surface area (Å²) in [6.07, 6.45) is -3.58. The Hall–Kier alpha value is -1.47. The Bertz CT molecular complexity index is 442. The lowest BCUT2D eigenvalue weighted by Crippen LogP contribution is -2.28. The van der Waals surface area contributed by atoms with Gasteiger partial charge in [-0.05, 0) is 25.1 Å². The van der Waals surface area contributed by atoms with E-state index in [1.807, 2.05) is 0 Å². The van der Waals surface area contributed by atoms with Gasteiger partial charge in [-0.15, -0.1) is 12.4 Å². The Balaban J connectivity index is 0.00000400. The van der Waals surface area contributed by atoms with Crippen molar-refractivity contribution in [2.75, 3.05) is 19.7 Å². The molecule has 3 N–H and O–H groups in total. The summed E-state index contributed by atoms with van der Waals surface area (Å²) in [4.78, 5) is 11.2. The zero-order chi connectivity index (χ0) is 15.0. The van der Waals surface area contributed by atoms with E-state index < -0.39 is 11.7 Å². The van der Waals surface area contributed by atoms with E-state index in [0.717, 1.165) is 6.07 Å². The molecule has 1 aromatic rings. The van der Waals surface area contributed by atoms with Crippen LogP contribution in [0.25, 0.3) is 0 Å². The molecule has 1 amide bonds. The van der Waals surface area contributed by atoms with Gasteiger partial charge in [-0.2, -0.15) is 13.2 Å². The van der Waals surface area contributed by atoms with E-state index in [1.165, 1.54) is 18.2 Å². The third-order valence-corrected chi connectivity index (χ3v) is 2.48. The van der Waals surface area contributed by atoms with Gasteiger partial charge in [0.1, 0.15) is 12.4 Å². The number of carbonyl (C=O) groups is 1. The number of nitrogens with one attached hydrogen (secondary N) is 1. The molecule has 0 aromatic heterocycles. The highest BCUT2D eigenvalue weighted by molar-refractivity contribution is 5.85. The number of benzene rings is 1. The molecule has 0 radical (unpaired) electrons. The maximum atomic E-state index is 12.7. The molecular weight excluding hydrogens is 309 g/mol. The summed E-state index contributed by atoms with van der Waals surface area (Å²) in [6, 6.07) is 4.96. The molecule has 0 saturated carbocycles. The molecule has 0 aliphatic carbocycles. The highest BCUT2D eigenvalue weighted by atomic mass is 35.5. The predicted octanol–water partition coefficient (Wildman–Crippen LogP) is 2.36. The zero-order valence-corrected chi connectivity index (χ0v) is 12.1. The largest absolute Gasteiger partial charge is 0.491 e. The van der Waals surface area contributed by atoms with Gasteiger partial charge in [-0.1, -0.05) is 12.1 Å². The van der Waals surface area contributed by atoms with Crippen LogP contribution in [0.15, 0.2) is 24.3 Å². The third-order valence-electron chi connectivity index (χ3n) is 2.48. The molecule has 0 aliphatic heterocycles. The smallest absolute Gasteiger partial charge is 0.419 e. The van der Waals surface area contributed by atoms with E-state index in [4.69, 9.17) is 10.5 Å². The van der Waals surface area contributed by atoms with E-state index in [0.29, 0.717) is 19.4 Å². The minimum absolute atomic E-state index is 0. The SMILES string of the molecule is Cl.NCCCC(=O)NCCOc1ccccc1C(F)(F)F. The topological polar surface area (TPSA) is 64.4 Å². The fraction of sp³-hybridized carbons (Fsp3) is 0.462. The summed E-state index contributed by atoms with van der Waals surface area (Å²) in [5, 5.41) is 2.55. The average molecular weight is 327 g/mol. The van der Waals surface area contributed by atoms with E-state index in [1.54, 1.807) is 0 Å². The first-order valence-corrected chi connectivity index (χ1v) is 6.21. The number of ether oxygens (including phenoxy) is 1. The van der Waals surface area contributed by atoms with Crippen molar-refractivity contribution < 1.29 is 22.7 Å². The van der Waals surface area contributed by atoms with Crippen molar-refractivity contribution in [1.29, 1.82) is 0 Å². The number of amides is 1. The number of carbonyl (C=O) groups excluding carboxylic acids is 1. The zero-order valence-electron chi connectivity index (χ0n) is 11.3. The molecule has 0 heterocycles. The Kier molecular flexibility index (Phi) is 8.80. The molecule has 8 heteroatoms. The average Bonchev–Trinajstić information content (AvgIpc) is 2.40.